The van der Waals surface area contributed by atoms with Gasteiger partial charge in [0, 0.05) is 5.69 Å². The normalized spacial score (nSPS) is 10.2. The Balaban J connectivity index is 2.14. The number of amides is 1. The molecule has 0 fully saturated rings. The highest BCUT2D eigenvalue weighted by Gasteiger charge is 2.31. The van der Waals surface area contributed by atoms with Crippen molar-refractivity contribution in [1.29, 1.82) is 0 Å². The first-order valence-electron chi connectivity index (χ1n) is 8.20. The monoisotopic (exact) mass is 371 g/mol. The number of esters is 2. The summed E-state index contributed by atoms with van der Waals surface area (Å²) in [6.07, 6.45) is -0.646. The van der Waals surface area contributed by atoms with Crippen molar-refractivity contribution in [3.05, 3.63) is 65.2 Å². The largest absolute Gasteiger partial charge is 0.468 e. The molecule has 2 rings (SSSR count). The lowest BCUT2D eigenvalue weighted by molar-refractivity contribution is -0.154. The van der Waals surface area contributed by atoms with Gasteiger partial charge in [0.1, 0.15) is 6.61 Å². The van der Waals surface area contributed by atoms with Gasteiger partial charge in [0.15, 0.2) is 5.92 Å². The van der Waals surface area contributed by atoms with Gasteiger partial charge in [-0.05, 0) is 29.7 Å². The van der Waals surface area contributed by atoms with E-state index in [1.807, 2.05) is 30.3 Å². The Hall–Kier alpha value is -3.35. The van der Waals surface area contributed by atoms with E-state index in [0.29, 0.717) is 11.3 Å². The molecule has 142 valence electrons. The van der Waals surface area contributed by atoms with Crippen LogP contribution in [-0.4, -0.2) is 32.3 Å². The van der Waals surface area contributed by atoms with Crippen molar-refractivity contribution < 1.29 is 28.6 Å². The molecule has 2 aromatic carbocycles. The van der Waals surface area contributed by atoms with Crippen molar-refractivity contribution in [2.45, 2.75) is 19.4 Å². The number of aryl methyl sites for hydroxylation is 1. The molecule has 1 amide bonds. The number of anilines is 1. The van der Waals surface area contributed by atoms with Crippen LogP contribution in [0.25, 0.3) is 0 Å². The SMILES string of the molecule is COC(=O)C(C(=O)OC)c1ccc(C)c(NC(=O)OCc2ccccc2)c1. The fourth-order valence-corrected chi connectivity index (χ4v) is 2.43. The second kappa shape index (κ2) is 9.38. The average Bonchev–Trinajstić information content (AvgIpc) is 2.69. The molecule has 27 heavy (non-hydrogen) atoms. The highest BCUT2D eigenvalue weighted by Crippen LogP contribution is 2.25. The molecule has 0 spiro atoms. The minimum atomic E-state index is -1.23. The molecule has 0 bridgehead atoms. The molecule has 0 unspecified atom stereocenters. The number of carbonyl (C=O) groups is 3. The standard InChI is InChI=1S/C20H21NO6/c1-13-9-10-15(17(18(22)25-2)19(23)26-3)11-16(13)21-20(24)27-12-14-7-5-4-6-8-14/h4-11,17H,12H2,1-3H3,(H,21,24). The molecule has 7 heteroatoms. The fraction of sp³-hybridized carbons (Fsp3) is 0.250. The van der Waals surface area contributed by atoms with Crippen molar-refractivity contribution in [1.82, 2.24) is 0 Å². The van der Waals surface area contributed by atoms with Gasteiger partial charge in [0.25, 0.3) is 0 Å². The number of nitrogens with one attached hydrogen (secondary N) is 1. The van der Waals surface area contributed by atoms with Crippen molar-refractivity contribution in [3.8, 4) is 0 Å². The van der Waals surface area contributed by atoms with E-state index in [0.717, 1.165) is 11.1 Å². The molecule has 0 heterocycles. The lowest BCUT2D eigenvalue weighted by atomic mass is 9.97. The van der Waals surface area contributed by atoms with E-state index < -0.39 is 23.9 Å². The molecule has 1 N–H and O–H groups in total. The summed E-state index contributed by atoms with van der Waals surface area (Å²) >= 11 is 0. The van der Waals surface area contributed by atoms with Gasteiger partial charge in [-0.1, -0.05) is 42.5 Å². The second-order valence-corrected chi connectivity index (χ2v) is 5.74. The van der Waals surface area contributed by atoms with E-state index in [9.17, 15) is 14.4 Å². The van der Waals surface area contributed by atoms with Crippen LogP contribution in [0.4, 0.5) is 10.5 Å². The number of rotatable bonds is 6. The van der Waals surface area contributed by atoms with Crippen molar-refractivity contribution in [2.75, 3.05) is 19.5 Å². The molecular formula is C20H21NO6. The molecule has 0 radical (unpaired) electrons. The van der Waals surface area contributed by atoms with Gasteiger partial charge in [-0.3, -0.25) is 14.9 Å². The van der Waals surface area contributed by atoms with Crippen molar-refractivity contribution >= 4 is 23.7 Å². The first-order chi connectivity index (χ1) is 13.0. The van der Waals surface area contributed by atoms with E-state index in [2.05, 4.69) is 14.8 Å². The van der Waals surface area contributed by atoms with Gasteiger partial charge < -0.3 is 14.2 Å². The Morgan fingerprint density at radius 3 is 2.19 bits per heavy atom. The summed E-state index contributed by atoms with van der Waals surface area (Å²) in [6.45, 7) is 1.90. The van der Waals surface area contributed by atoms with Crippen LogP contribution in [0.1, 0.15) is 22.6 Å². The highest BCUT2D eigenvalue weighted by atomic mass is 16.6. The van der Waals surface area contributed by atoms with Crippen LogP contribution in [-0.2, 0) is 30.4 Å². The third kappa shape index (κ3) is 5.31. The van der Waals surface area contributed by atoms with E-state index >= 15 is 0 Å². The van der Waals surface area contributed by atoms with Crippen LogP contribution in [0.2, 0.25) is 0 Å². The smallest absolute Gasteiger partial charge is 0.411 e. The summed E-state index contributed by atoms with van der Waals surface area (Å²) < 4.78 is 14.5. The Morgan fingerprint density at radius 1 is 0.963 bits per heavy atom. The molecule has 0 atom stereocenters. The number of ether oxygens (including phenoxy) is 3. The second-order valence-electron chi connectivity index (χ2n) is 5.74. The van der Waals surface area contributed by atoms with Crippen LogP contribution in [0.3, 0.4) is 0 Å². The van der Waals surface area contributed by atoms with Gasteiger partial charge in [-0.25, -0.2) is 4.79 Å². The summed E-state index contributed by atoms with van der Waals surface area (Å²) in [5, 5.41) is 2.62. The maximum atomic E-state index is 12.1. The van der Waals surface area contributed by atoms with Crippen LogP contribution < -0.4 is 5.32 Å². The van der Waals surface area contributed by atoms with E-state index in [4.69, 9.17) is 4.74 Å². The zero-order chi connectivity index (χ0) is 19.8. The lowest BCUT2D eigenvalue weighted by Crippen LogP contribution is -2.24. The molecule has 0 aliphatic carbocycles. The maximum absolute atomic E-state index is 12.1. The Kier molecular flexibility index (Phi) is 6.93. The number of carbonyl (C=O) groups excluding carboxylic acids is 3. The topological polar surface area (TPSA) is 90.9 Å². The van der Waals surface area contributed by atoms with Crippen LogP contribution >= 0.6 is 0 Å². The predicted octanol–water partition coefficient (Wildman–Crippen LogP) is 3.17. The van der Waals surface area contributed by atoms with E-state index in [1.54, 1.807) is 19.1 Å². The number of methoxy groups -OCH3 is 2. The predicted molar refractivity (Wildman–Crippen MR) is 98.2 cm³/mol. The molecule has 0 aliphatic rings. The quantitative estimate of drug-likeness (QED) is 0.476. The summed E-state index contributed by atoms with van der Waals surface area (Å²) in [5.41, 5.74) is 2.36. The molecule has 7 nitrogen and oxygen atoms in total. The van der Waals surface area contributed by atoms with Gasteiger partial charge >= 0.3 is 18.0 Å². The Labute approximate surface area is 157 Å². The summed E-state index contributed by atoms with van der Waals surface area (Å²) in [6, 6.07) is 14.1. The average molecular weight is 371 g/mol. The summed E-state index contributed by atoms with van der Waals surface area (Å²) in [4.78, 5) is 36.0. The molecule has 0 saturated heterocycles. The minimum Gasteiger partial charge on any atom is -0.468 e. The molecular weight excluding hydrogens is 350 g/mol. The van der Waals surface area contributed by atoms with Crippen LogP contribution in [0.5, 0.6) is 0 Å². The first kappa shape index (κ1) is 20.0. The molecule has 0 aliphatic heterocycles. The van der Waals surface area contributed by atoms with Crippen molar-refractivity contribution in [2.24, 2.45) is 0 Å². The first-order valence-corrected chi connectivity index (χ1v) is 8.20. The van der Waals surface area contributed by atoms with E-state index in [-0.39, 0.29) is 6.61 Å². The third-order valence-electron chi connectivity index (χ3n) is 3.92. The minimum absolute atomic E-state index is 0.123. The molecule has 2 aromatic rings. The van der Waals surface area contributed by atoms with E-state index in [1.165, 1.54) is 20.3 Å². The highest BCUT2D eigenvalue weighted by molar-refractivity contribution is 6.01. The summed E-state index contributed by atoms with van der Waals surface area (Å²) in [7, 11) is 2.37. The third-order valence-corrected chi connectivity index (χ3v) is 3.92. The fourth-order valence-electron chi connectivity index (χ4n) is 2.43. The number of benzene rings is 2. The number of hydrogen-bond donors (Lipinski definition) is 1. The van der Waals surface area contributed by atoms with Crippen LogP contribution in [0, 0.1) is 6.92 Å². The van der Waals surface area contributed by atoms with Gasteiger partial charge in [0.05, 0.1) is 14.2 Å². The molecule has 0 saturated carbocycles. The number of hydrogen-bond acceptors (Lipinski definition) is 6. The van der Waals surface area contributed by atoms with Crippen LogP contribution in [0.15, 0.2) is 48.5 Å². The Bertz CT molecular complexity index is 802. The van der Waals surface area contributed by atoms with Gasteiger partial charge in [0.2, 0.25) is 0 Å². The summed E-state index contributed by atoms with van der Waals surface area (Å²) in [5.74, 6) is -2.73. The maximum Gasteiger partial charge on any atom is 0.411 e. The van der Waals surface area contributed by atoms with Gasteiger partial charge in [-0.2, -0.15) is 0 Å². The lowest BCUT2D eigenvalue weighted by Gasteiger charge is -2.15. The zero-order valence-corrected chi connectivity index (χ0v) is 15.4. The molecule has 0 aromatic heterocycles. The van der Waals surface area contributed by atoms with Gasteiger partial charge in [-0.15, -0.1) is 0 Å². The zero-order valence-electron chi connectivity index (χ0n) is 15.4. The Morgan fingerprint density at radius 2 is 1.59 bits per heavy atom. The van der Waals surface area contributed by atoms with Crippen molar-refractivity contribution in [3.63, 3.8) is 0 Å².